The fraction of sp³-hybridized carbons (Fsp3) is 0.556. The standard InChI is InChI=1S/C18H26N4O4/c1-22(20)13(9-25-2)17(19)12-7-6-10(8-21-12)26-14-5-3-4-11-15(14)16(11)18(23)24/h6-8,11,14-16H,3-5,9,19-20H2,1-2H3,(H,23,24)/b17-13-. The predicted octanol–water partition coefficient (Wildman–Crippen LogP) is 1.04. The molecule has 142 valence electrons. The lowest BCUT2D eigenvalue weighted by molar-refractivity contribution is -0.139. The van der Waals surface area contributed by atoms with Crippen molar-refractivity contribution in [1.82, 2.24) is 9.99 Å². The molecule has 4 unspecified atom stereocenters. The Labute approximate surface area is 152 Å². The Morgan fingerprint density at radius 1 is 1.42 bits per heavy atom. The first-order valence-electron chi connectivity index (χ1n) is 8.76. The van der Waals surface area contributed by atoms with Gasteiger partial charge in [0.25, 0.3) is 0 Å². The van der Waals surface area contributed by atoms with Crippen molar-refractivity contribution in [2.75, 3.05) is 20.8 Å². The van der Waals surface area contributed by atoms with Crippen LogP contribution in [-0.2, 0) is 9.53 Å². The molecule has 1 aromatic rings. The second-order valence-corrected chi connectivity index (χ2v) is 6.98. The summed E-state index contributed by atoms with van der Waals surface area (Å²) in [7, 11) is 3.26. The summed E-state index contributed by atoms with van der Waals surface area (Å²) in [6.45, 7) is 0.278. The molecule has 0 bridgehead atoms. The van der Waals surface area contributed by atoms with Crippen LogP contribution >= 0.6 is 0 Å². The van der Waals surface area contributed by atoms with Gasteiger partial charge in [-0.1, -0.05) is 0 Å². The van der Waals surface area contributed by atoms with E-state index in [4.69, 9.17) is 21.1 Å². The molecular formula is C18H26N4O4. The lowest BCUT2D eigenvalue weighted by atomic mass is 9.98. The number of aromatic nitrogens is 1. The monoisotopic (exact) mass is 362 g/mol. The van der Waals surface area contributed by atoms with E-state index in [1.165, 1.54) is 5.01 Å². The van der Waals surface area contributed by atoms with Crippen LogP contribution in [0, 0.1) is 17.8 Å². The summed E-state index contributed by atoms with van der Waals surface area (Å²) in [5.41, 5.74) is 7.80. The molecule has 2 fully saturated rings. The summed E-state index contributed by atoms with van der Waals surface area (Å²) in [4.78, 5) is 15.7. The SMILES string of the molecule is COC/C(=C(/N)c1ccc(OC2CCCC3C(C(=O)O)C23)cn1)N(C)N. The van der Waals surface area contributed by atoms with Gasteiger partial charge in [-0.3, -0.25) is 9.78 Å². The van der Waals surface area contributed by atoms with Crippen molar-refractivity contribution >= 4 is 11.7 Å². The molecule has 3 rings (SSSR count). The minimum Gasteiger partial charge on any atom is -0.488 e. The highest BCUT2D eigenvalue weighted by atomic mass is 16.5. The molecule has 1 heterocycles. The zero-order chi connectivity index (χ0) is 18.8. The van der Waals surface area contributed by atoms with Gasteiger partial charge in [-0.25, -0.2) is 5.84 Å². The molecule has 1 aromatic heterocycles. The Bertz CT molecular complexity index is 689. The number of methoxy groups -OCH3 is 1. The zero-order valence-corrected chi connectivity index (χ0v) is 15.1. The third-order valence-electron chi connectivity index (χ3n) is 5.29. The van der Waals surface area contributed by atoms with Crippen LogP contribution in [0.3, 0.4) is 0 Å². The summed E-state index contributed by atoms with van der Waals surface area (Å²) in [6.07, 6.45) is 4.42. The minimum absolute atomic E-state index is 0.0605. The van der Waals surface area contributed by atoms with Crippen LogP contribution in [-0.4, -0.2) is 47.9 Å². The maximum absolute atomic E-state index is 11.3. The van der Waals surface area contributed by atoms with Crippen LogP contribution in [0.5, 0.6) is 5.75 Å². The molecule has 0 amide bonds. The van der Waals surface area contributed by atoms with Gasteiger partial charge in [0.15, 0.2) is 0 Å². The molecule has 4 atom stereocenters. The van der Waals surface area contributed by atoms with E-state index in [1.54, 1.807) is 32.5 Å². The number of hydrogen-bond donors (Lipinski definition) is 3. The number of hydrogen-bond acceptors (Lipinski definition) is 7. The first-order chi connectivity index (χ1) is 12.4. The zero-order valence-electron chi connectivity index (χ0n) is 15.1. The van der Waals surface area contributed by atoms with Gasteiger partial charge in [-0.15, -0.1) is 0 Å². The molecule has 0 radical (unpaired) electrons. The number of hydrazine groups is 1. The summed E-state index contributed by atoms with van der Waals surface area (Å²) < 4.78 is 11.2. The normalized spacial score (nSPS) is 28.0. The first-order valence-corrected chi connectivity index (χ1v) is 8.76. The Hall–Kier alpha value is -2.32. The highest BCUT2D eigenvalue weighted by Gasteiger charge is 2.60. The molecular weight excluding hydrogens is 336 g/mol. The number of nitrogens with zero attached hydrogens (tertiary/aromatic N) is 2. The van der Waals surface area contributed by atoms with E-state index in [0.29, 0.717) is 22.8 Å². The van der Waals surface area contributed by atoms with Crippen molar-refractivity contribution in [3.05, 3.63) is 29.7 Å². The van der Waals surface area contributed by atoms with Gasteiger partial charge in [0.1, 0.15) is 11.9 Å². The molecule has 2 aliphatic rings. The van der Waals surface area contributed by atoms with Gasteiger partial charge in [-0.05, 0) is 37.3 Å². The number of rotatable bonds is 7. The molecule has 8 heteroatoms. The van der Waals surface area contributed by atoms with Crippen molar-refractivity contribution in [3.63, 3.8) is 0 Å². The van der Waals surface area contributed by atoms with Crippen molar-refractivity contribution in [2.24, 2.45) is 29.3 Å². The number of carboxylic acid groups (broad SMARTS) is 1. The summed E-state index contributed by atoms with van der Waals surface area (Å²) >= 11 is 0. The largest absolute Gasteiger partial charge is 0.488 e. The predicted molar refractivity (Wildman–Crippen MR) is 95.5 cm³/mol. The Balaban J connectivity index is 1.70. The van der Waals surface area contributed by atoms with Crippen LogP contribution in [0.2, 0.25) is 0 Å². The molecule has 0 aromatic carbocycles. The fourth-order valence-electron chi connectivity index (χ4n) is 3.95. The maximum atomic E-state index is 11.3. The van der Waals surface area contributed by atoms with Crippen LogP contribution in [0.4, 0.5) is 0 Å². The minimum atomic E-state index is -0.710. The summed E-state index contributed by atoms with van der Waals surface area (Å²) in [5, 5.41) is 10.7. The van der Waals surface area contributed by atoms with Crippen LogP contribution < -0.4 is 16.3 Å². The maximum Gasteiger partial charge on any atom is 0.307 e. The molecule has 5 N–H and O–H groups in total. The lowest BCUT2D eigenvalue weighted by Crippen LogP contribution is -2.30. The number of aliphatic carboxylic acids is 1. The van der Waals surface area contributed by atoms with Crippen molar-refractivity contribution in [3.8, 4) is 5.75 Å². The van der Waals surface area contributed by atoms with Crippen molar-refractivity contribution < 1.29 is 19.4 Å². The summed E-state index contributed by atoms with van der Waals surface area (Å²) in [5.74, 6) is 5.81. The van der Waals surface area contributed by atoms with Gasteiger partial charge < -0.3 is 25.3 Å². The van der Waals surface area contributed by atoms with E-state index in [-0.39, 0.29) is 30.5 Å². The third kappa shape index (κ3) is 3.61. The van der Waals surface area contributed by atoms with E-state index < -0.39 is 5.97 Å². The molecule has 26 heavy (non-hydrogen) atoms. The topological polar surface area (TPSA) is 124 Å². The third-order valence-corrected chi connectivity index (χ3v) is 5.29. The average molecular weight is 362 g/mol. The Morgan fingerprint density at radius 2 is 2.19 bits per heavy atom. The number of likely N-dealkylation sites (N-methyl/N-ethyl adjacent to an activating group) is 1. The number of ether oxygens (including phenoxy) is 2. The molecule has 2 saturated carbocycles. The molecule has 8 nitrogen and oxygen atoms in total. The van der Waals surface area contributed by atoms with Crippen molar-refractivity contribution in [1.29, 1.82) is 0 Å². The molecule has 0 saturated heterocycles. The first kappa shape index (κ1) is 18.5. The number of pyridine rings is 1. The van der Waals surface area contributed by atoms with Crippen LogP contribution in [0.1, 0.15) is 25.0 Å². The van der Waals surface area contributed by atoms with Gasteiger partial charge in [0, 0.05) is 20.1 Å². The van der Waals surface area contributed by atoms with Crippen LogP contribution in [0.15, 0.2) is 24.0 Å². The van der Waals surface area contributed by atoms with Gasteiger partial charge >= 0.3 is 5.97 Å². The van der Waals surface area contributed by atoms with Gasteiger partial charge in [0.2, 0.25) is 0 Å². The van der Waals surface area contributed by atoms with E-state index in [9.17, 15) is 9.90 Å². The van der Waals surface area contributed by atoms with E-state index in [2.05, 4.69) is 4.98 Å². The Morgan fingerprint density at radius 3 is 2.77 bits per heavy atom. The van der Waals surface area contributed by atoms with Crippen molar-refractivity contribution in [2.45, 2.75) is 25.4 Å². The molecule has 0 spiro atoms. The van der Waals surface area contributed by atoms with E-state index >= 15 is 0 Å². The van der Waals surface area contributed by atoms with Gasteiger partial charge in [0.05, 0.1) is 35.8 Å². The number of fused-ring (bicyclic) bond motifs is 1. The number of nitrogens with two attached hydrogens (primary N) is 2. The quantitative estimate of drug-likeness (QED) is 0.485. The number of carboxylic acids is 1. The van der Waals surface area contributed by atoms with E-state index in [1.807, 2.05) is 0 Å². The molecule has 2 aliphatic carbocycles. The fourth-order valence-corrected chi connectivity index (χ4v) is 3.95. The lowest BCUT2D eigenvalue weighted by Gasteiger charge is -2.23. The van der Waals surface area contributed by atoms with E-state index in [0.717, 1.165) is 19.3 Å². The highest BCUT2D eigenvalue weighted by Crippen LogP contribution is 2.56. The summed E-state index contributed by atoms with van der Waals surface area (Å²) in [6, 6.07) is 3.57. The van der Waals surface area contributed by atoms with Gasteiger partial charge in [-0.2, -0.15) is 0 Å². The van der Waals surface area contributed by atoms with Crippen LogP contribution in [0.25, 0.3) is 5.70 Å². The average Bonchev–Trinajstić information content (AvgIpc) is 3.35. The smallest absolute Gasteiger partial charge is 0.307 e. The number of carbonyl (C=O) groups is 1. The second-order valence-electron chi connectivity index (χ2n) is 6.98. The second kappa shape index (κ2) is 7.51. The molecule has 0 aliphatic heterocycles. The Kier molecular flexibility index (Phi) is 5.33. The highest BCUT2D eigenvalue weighted by molar-refractivity contribution is 5.74.